The van der Waals surface area contributed by atoms with Crippen molar-refractivity contribution < 1.29 is 30.3 Å². The SMILES string of the molecule is C=C1[C@@H]2C[C@@H](O)[C@H]3[C@@]45CO[C@@](O)([C@@H](O)[C@@H]4C(C)(C)CC[C@@H]5O)[C@]3(C2)[C@@H]1O. The number of aliphatic hydroxyl groups is 5. The van der Waals surface area contributed by atoms with Gasteiger partial charge in [-0.3, -0.25) is 0 Å². The van der Waals surface area contributed by atoms with Gasteiger partial charge in [0, 0.05) is 17.3 Å². The topological polar surface area (TPSA) is 110 Å². The Morgan fingerprint density at radius 2 is 1.81 bits per heavy atom. The third-order valence-corrected chi connectivity index (χ3v) is 9.02. The number of hydrogen-bond acceptors (Lipinski definition) is 6. The monoisotopic (exact) mass is 366 g/mol. The third kappa shape index (κ3) is 1.52. The van der Waals surface area contributed by atoms with Gasteiger partial charge in [-0.15, -0.1) is 0 Å². The van der Waals surface area contributed by atoms with Crippen LogP contribution in [0, 0.1) is 34.0 Å². The van der Waals surface area contributed by atoms with E-state index < -0.39 is 52.9 Å². The van der Waals surface area contributed by atoms with Crippen LogP contribution in [0.25, 0.3) is 0 Å². The van der Waals surface area contributed by atoms with Crippen molar-refractivity contribution in [1.82, 2.24) is 0 Å². The summed E-state index contributed by atoms with van der Waals surface area (Å²) in [6.45, 7) is 8.20. The van der Waals surface area contributed by atoms with E-state index in [1.807, 2.05) is 13.8 Å². The summed E-state index contributed by atoms with van der Waals surface area (Å²) in [6, 6.07) is 0. The fraction of sp³-hybridized carbons (Fsp3) is 0.900. The van der Waals surface area contributed by atoms with Crippen molar-refractivity contribution in [1.29, 1.82) is 0 Å². The van der Waals surface area contributed by atoms with Crippen LogP contribution in [0.1, 0.15) is 39.5 Å². The lowest BCUT2D eigenvalue weighted by atomic mass is 9.35. The predicted octanol–water partition coefficient (Wildman–Crippen LogP) is 0.167. The van der Waals surface area contributed by atoms with Crippen molar-refractivity contribution in [2.75, 3.05) is 6.61 Å². The van der Waals surface area contributed by atoms with Gasteiger partial charge < -0.3 is 30.3 Å². The Labute approximate surface area is 153 Å². The van der Waals surface area contributed by atoms with E-state index in [1.165, 1.54) is 0 Å². The van der Waals surface area contributed by atoms with E-state index in [4.69, 9.17) is 4.74 Å². The molecule has 6 heteroatoms. The van der Waals surface area contributed by atoms with Crippen LogP contribution in [0.15, 0.2) is 12.2 Å². The molecule has 2 saturated heterocycles. The Kier molecular flexibility index (Phi) is 3.20. The number of rotatable bonds is 0. The molecule has 146 valence electrons. The predicted molar refractivity (Wildman–Crippen MR) is 91.7 cm³/mol. The molecule has 6 aliphatic rings. The van der Waals surface area contributed by atoms with Crippen LogP contribution in [0.4, 0.5) is 0 Å². The number of aliphatic hydroxyl groups excluding tert-OH is 4. The zero-order chi connectivity index (χ0) is 18.9. The van der Waals surface area contributed by atoms with Crippen LogP contribution in [0.5, 0.6) is 0 Å². The summed E-state index contributed by atoms with van der Waals surface area (Å²) < 4.78 is 5.89. The molecule has 0 aromatic carbocycles. The van der Waals surface area contributed by atoms with Gasteiger partial charge in [0.1, 0.15) is 6.10 Å². The molecular formula is C20H30O6. The van der Waals surface area contributed by atoms with Crippen molar-refractivity contribution in [2.24, 2.45) is 34.0 Å². The normalized spacial score (nSPS) is 62.7. The molecule has 6 rings (SSSR count). The fourth-order valence-corrected chi connectivity index (χ4v) is 8.13. The second-order valence-electron chi connectivity index (χ2n) is 10.3. The molecule has 0 amide bonds. The Hall–Kier alpha value is -0.500. The summed E-state index contributed by atoms with van der Waals surface area (Å²) in [6.07, 6.45) is -1.67. The number of fused-ring (bicyclic) bond motifs is 2. The first-order valence-corrected chi connectivity index (χ1v) is 9.81. The molecule has 2 heterocycles. The zero-order valence-electron chi connectivity index (χ0n) is 15.4. The standard InChI is InChI=1S/C20H30O6/c1-9-10-6-11(21)13-18-8-26-20(25,19(13,7-10)15(9)23)16(24)14(18)17(2,3)5-4-12(18)22/h10-16,21-25H,1,4-8H2,2-3H3/t10-,11-,12+,13+,14-,15-,16+,18+,19+,20+/m1/s1. The average Bonchev–Trinajstić information content (AvgIpc) is 2.76. The van der Waals surface area contributed by atoms with E-state index in [9.17, 15) is 25.5 Å². The Morgan fingerprint density at radius 1 is 1.12 bits per heavy atom. The van der Waals surface area contributed by atoms with E-state index in [0.717, 1.165) is 6.42 Å². The minimum Gasteiger partial charge on any atom is -0.393 e. The Bertz CT molecular complexity index is 677. The average molecular weight is 366 g/mol. The van der Waals surface area contributed by atoms with Gasteiger partial charge in [0.15, 0.2) is 0 Å². The summed E-state index contributed by atoms with van der Waals surface area (Å²) in [4.78, 5) is 0. The molecule has 2 aliphatic heterocycles. The first kappa shape index (κ1) is 17.6. The first-order valence-electron chi connectivity index (χ1n) is 9.81. The Morgan fingerprint density at radius 3 is 2.50 bits per heavy atom. The zero-order valence-corrected chi connectivity index (χ0v) is 15.4. The second kappa shape index (κ2) is 4.73. The summed E-state index contributed by atoms with van der Waals surface area (Å²) in [5, 5.41) is 56.4. The van der Waals surface area contributed by atoms with E-state index >= 15 is 0 Å². The minimum absolute atomic E-state index is 0.0865. The van der Waals surface area contributed by atoms with Gasteiger partial charge in [0.05, 0.1) is 30.3 Å². The number of hydrogen-bond donors (Lipinski definition) is 5. The smallest absolute Gasteiger partial charge is 0.201 e. The lowest BCUT2D eigenvalue weighted by Crippen LogP contribution is -2.85. The number of ether oxygens (including phenoxy) is 1. The van der Waals surface area contributed by atoms with Gasteiger partial charge in [0.25, 0.3) is 0 Å². The fourth-order valence-electron chi connectivity index (χ4n) is 8.13. The lowest BCUT2D eigenvalue weighted by Gasteiger charge is -2.75. The maximum atomic E-state index is 11.7. The molecule has 4 aliphatic carbocycles. The molecule has 2 spiro atoms. The molecule has 10 atom stereocenters. The molecule has 0 radical (unpaired) electrons. The third-order valence-electron chi connectivity index (χ3n) is 9.02. The summed E-state index contributed by atoms with van der Waals surface area (Å²) >= 11 is 0. The summed E-state index contributed by atoms with van der Waals surface area (Å²) in [7, 11) is 0. The highest BCUT2D eigenvalue weighted by Gasteiger charge is 2.85. The van der Waals surface area contributed by atoms with E-state index in [2.05, 4.69) is 6.58 Å². The molecular weight excluding hydrogens is 336 g/mol. The van der Waals surface area contributed by atoms with Crippen molar-refractivity contribution in [3.05, 3.63) is 12.2 Å². The summed E-state index contributed by atoms with van der Waals surface area (Å²) in [5.41, 5.74) is -1.84. The van der Waals surface area contributed by atoms with E-state index in [1.54, 1.807) is 0 Å². The van der Waals surface area contributed by atoms with Crippen LogP contribution in [-0.4, -0.2) is 62.3 Å². The molecule has 0 unspecified atom stereocenters. The van der Waals surface area contributed by atoms with E-state index in [-0.39, 0.29) is 17.9 Å². The first-order chi connectivity index (χ1) is 12.0. The van der Waals surface area contributed by atoms with Gasteiger partial charge in [-0.1, -0.05) is 20.4 Å². The van der Waals surface area contributed by atoms with Gasteiger partial charge in [-0.2, -0.15) is 0 Å². The molecule has 4 bridgehead atoms. The molecule has 26 heavy (non-hydrogen) atoms. The van der Waals surface area contributed by atoms with Crippen LogP contribution < -0.4 is 0 Å². The maximum Gasteiger partial charge on any atom is 0.201 e. The second-order valence-corrected chi connectivity index (χ2v) is 10.3. The van der Waals surface area contributed by atoms with Gasteiger partial charge in [0.2, 0.25) is 5.79 Å². The van der Waals surface area contributed by atoms with Crippen LogP contribution in [0.2, 0.25) is 0 Å². The maximum absolute atomic E-state index is 11.7. The molecule has 5 N–H and O–H groups in total. The highest BCUT2D eigenvalue weighted by Crippen LogP contribution is 2.77. The highest BCUT2D eigenvalue weighted by molar-refractivity contribution is 5.36. The Balaban J connectivity index is 1.80. The lowest BCUT2D eigenvalue weighted by molar-refractivity contribution is -0.473. The van der Waals surface area contributed by atoms with Gasteiger partial charge in [-0.05, 0) is 42.6 Å². The van der Waals surface area contributed by atoms with Crippen molar-refractivity contribution in [3.8, 4) is 0 Å². The van der Waals surface area contributed by atoms with Crippen molar-refractivity contribution in [3.63, 3.8) is 0 Å². The van der Waals surface area contributed by atoms with E-state index in [0.29, 0.717) is 24.8 Å². The van der Waals surface area contributed by atoms with Gasteiger partial charge >= 0.3 is 0 Å². The summed E-state index contributed by atoms with van der Waals surface area (Å²) in [5.74, 6) is -3.02. The van der Waals surface area contributed by atoms with Crippen LogP contribution in [0.3, 0.4) is 0 Å². The largest absolute Gasteiger partial charge is 0.393 e. The quantitative estimate of drug-likeness (QED) is 0.391. The van der Waals surface area contributed by atoms with Gasteiger partial charge in [-0.25, -0.2) is 0 Å². The van der Waals surface area contributed by atoms with Crippen molar-refractivity contribution in [2.45, 2.75) is 69.7 Å². The van der Waals surface area contributed by atoms with Crippen molar-refractivity contribution >= 4 is 0 Å². The molecule has 0 aromatic rings. The molecule has 0 aromatic heterocycles. The molecule has 4 saturated carbocycles. The van der Waals surface area contributed by atoms with Crippen LogP contribution in [-0.2, 0) is 4.74 Å². The highest BCUT2D eigenvalue weighted by atomic mass is 16.6. The minimum atomic E-state index is -1.95. The molecule has 6 fully saturated rings. The van der Waals surface area contributed by atoms with Crippen LogP contribution >= 0.6 is 0 Å². The molecule has 6 nitrogen and oxygen atoms in total.